The molecule has 3 atom stereocenters. The van der Waals surface area contributed by atoms with Crippen molar-refractivity contribution in [2.75, 3.05) is 27.1 Å². The zero-order valence-electron chi connectivity index (χ0n) is 39.4. The largest absolute Gasteiger partial charge is 0.497 e. The molecule has 5 aromatic rings. The second kappa shape index (κ2) is 26.8. The molecule has 3 amide bonds. The average molecular weight is 935 g/mol. The standard InChI is InChI=1S/C52H59N3O11S/c1-35(2)47(51(59)66-48(39-13-8-6-9-14-39)40-15-10-7-11-16-40)55-49(57)45(34-67-33-38-23-29-43(63-5)30-24-38)53-46(56)18-12-17-44(50(58)64-31-36-19-25-41(61-3)26-20-36)54-52(60)65-32-37-21-27-42(62-4)28-22-37/h6-11,13-16,19-30,35,44-45,47-48H,12,17-18,31-34H2,1-5H3,(H,53,56)(H,54,60)(H,55,57)/t44-,45-,47+/m0/s1/i35D. The number of carbonyl (C=O) groups is 5. The van der Waals surface area contributed by atoms with Crippen molar-refractivity contribution in [3.63, 3.8) is 0 Å². The van der Waals surface area contributed by atoms with Crippen molar-refractivity contribution in [1.29, 1.82) is 0 Å². The molecule has 0 saturated carbocycles. The lowest BCUT2D eigenvalue weighted by atomic mass is 10.0. The molecule has 14 nitrogen and oxygen atoms in total. The van der Waals surface area contributed by atoms with Gasteiger partial charge in [0.05, 0.1) is 21.3 Å². The molecular weight excluding hydrogens is 875 g/mol. The van der Waals surface area contributed by atoms with Gasteiger partial charge < -0.3 is 44.4 Å². The molecule has 0 aliphatic rings. The molecule has 0 radical (unpaired) electrons. The summed E-state index contributed by atoms with van der Waals surface area (Å²) in [7, 11) is 4.66. The van der Waals surface area contributed by atoms with Gasteiger partial charge in [-0.15, -0.1) is 0 Å². The third kappa shape index (κ3) is 16.7. The van der Waals surface area contributed by atoms with Crippen LogP contribution >= 0.6 is 11.8 Å². The summed E-state index contributed by atoms with van der Waals surface area (Å²) < 4.78 is 41.7. The van der Waals surface area contributed by atoms with Gasteiger partial charge in [0.25, 0.3) is 0 Å². The van der Waals surface area contributed by atoms with E-state index in [0.29, 0.717) is 45.3 Å². The van der Waals surface area contributed by atoms with Crippen molar-refractivity contribution in [3.8, 4) is 17.2 Å². The van der Waals surface area contributed by atoms with Crippen LogP contribution in [0.1, 0.15) is 68.4 Å². The first kappa shape index (κ1) is 49.4. The van der Waals surface area contributed by atoms with Crippen LogP contribution in [0.2, 0.25) is 0 Å². The summed E-state index contributed by atoms with van der Waals surface area (Å²) in [4.78, 5) is 68.4. The minimum atomic E-state index is -1.55. The number of methoxy groups -OCH3 is 3. The predicted octanol–water partition coefficient (Wildman–Crippen LogP) is 8.11. The van der Waals surface area contributed by atoms with Crippen LogP contribution in [0.15, 0.2) is 133 Å². The maximum absolute atomic E-state index is 14.2. The number of nitrogens with one attached hydrogen (secondary N) is 3. The SMILES string of the molecule is [2H]C(C)(C)[C@@H](NC(=O)[C@H](CSCc1ccc(OC)cc1)NC(=O)CCC[C@H](NC(=O)OCc1ccc(OC)cc1)C(=O)OCc1ccc(OC)cc1)C(=O)OC(c1ccccc1)c1ccccc1. The molecular formula is C52H59N3O11S. The van der Waals surface area contributed by atoms with Crippen molar-refractivity contribution in [1.82, 2.24) is 16.0 Å². The number of thioether (sulfide) groups is 1. The Labute approximate surface area is 397 Å². The van der Waals surface area contributed by atoms with Crippen LogP contribution in [0.5, 0.6) is 17.2 Å². The lowest BCUT2D eigenvalue weighted by molar-refractivity contribution is -0.153. The number of rotatable bonds is 25. The molecule has 0 heterocycles. The van der Waals surface area contributed by atoms with E-state index >= 15 is 0 Å². The summed E-state index contributed by atoms with van der Waals surface area (Å²) in [5.41, 5.74) is 3.73. The smallest absolute Gasteiger partial charge is 0.408 e. The molecule has 0 unspecified atom stereocenters. The molecule has 0 aliphatic carbocycles. The summed E-state index contributed by atoms with van der Waals surface area (Å²) in [6.45, 7) is 2.82. The second-order valence-electron chi connectivity index (χ2n) is 15.6. The van der Waals surface area contributed by atoms with Crippen LogP contribution in [0.3, 0.4) is 0 Å². The van der Waals surface area contributed by atoms with E-state index < -0.39 is 60.0 Å². The summed E-state index contributed by atoms with van der Waals surface area (Å²) in [5, 5.41) is 8.11. The van der Waals surface area contributed by atoms with E-state index in [1.807, 2.05) is 84.9 Å². The predicted molar refractivity (Wildman–Crippen MR) is 255 cm³/mol. The number of esters is 2. The van der Waals surface area contributed by atoms with Gasteiger partial charge in [0.1, 0.15) is 48.6 Å². The second-order valence-corrected chi connectivity index (χ2v) is 16.6. The molecule has 0 saturated heterocycles. The highest BCUT2D eigenvalue weighted by Crippen LogP contribution is 2.27. The number of amides is 3. The third-order valence-electron chi connectivity index (χ3n) is 10.4. The fourth-order valence-electron chi connectivity index (χ4n) is 6.66. The molecule has 354 valence electrons. The Hall–Kier alpha value is -7.00. The molecule has 67 heavy (non-hydrogen) atoms. The van der Waals surface area contributed by atoms with E-state index in [1.165, 1.54) is 25.6 Å². The number of hydrogen-bond donors (Lipinski definition) is 3. The molecule has 0 aromatic heterocycles. The van der Waals surface area contributed by atoms with Gasteiger partial charge in [0.2, 0.25) is 11.8 Å². The lowest BCUT2D eigenvalue weighted by Crippen LogP contribution is -2.54. The molecule has 0 spiro atoms. The minimum absolute atomic E-state index is 0.0134. The van der Waals surface area contributed by atoms with Gasteiger partial charge in [-0.3, -0.25) is 9.59 Å². The minimum Gasteiger partial charge on any atom is -0.497 e. The van der Waals surface area contributed by atoms with E-state index in [-0.39, 0.29) is 38.2 Å². The molecule has 0 aliphatic heterocycles. The third-order valence-corrected chi connectivity index (χ3v) is 11.6. The first-order valence-electron chi connectivity index (χ1n) is 22.2. The van der Waals surface area contributed by atoms with Gasteiger partial charge in [-0.25, -0.2) is 14.4 Å². The number of alkyl carbamates (subject to hydrolysis) is 1. The van der Waals surface area contributed by atoms with Gasteiger partial charge in [0, 0.05) is 19.3 Å². The van der Waals surface area contributed by atoms with Crippen molar-refractivity contribution in [3.05, 3.63) is 161 Å². The van der Waals surface area contributed by atoms with Crippen molar-refractivity contribution in [2.45, 2.75) is 76.3 Å². The van der Waals surface area contributed by atoms with Crippen LogP contribution < -0.4 is 30.2 Å². The highest BCUT2D eigenvalue weighted by atomic mass is 32.2. The number of benzene rings is 5. The van der Waals surface area contributed by atoms with E-state index in [4.69, 9.17) is 29.8 Å². The van der Waals surface area contributed by atoms with Gasteiger partial charge >= 0.3 is 18.0 Å². The van der Waals surface area contributed by atoms with Crippen LogP contribution in [-0.2, 0) is 52.4 Å². The first-order chi connectivity index (χ1) is 32.8. The van der Waals surface area contributed by atoms with Crippen molar-refractivity contribution >= 4 is 41.6 Å². The Morgan fingerprint density at radius 3 is 1.57 bits per heavy atom. The number of hydrogen-bond acceptors (Lipinski definition) is 12. The Morgan fingerprint density at radius 1 is 0.582 bits per heavy atom. The summed E-state index contributed by atoms with van der Waals surface area (Å²) in [6, 6.07) is 35.9. The summed E-state index contributed by atoms with van der Waals surface area (Å²) >= 11 is 1.38. The fourth-order valence-corrected chi connectivity index (χ4v) is 7.68. The normalized spacial score (nSPS) is 12.6. The van der Waals surface area contributed by atoms with Gasteiger partial charge in [-0.05, 0) is 83.0 Å². The topological polar surface area (TPSA) is 177 Å². The molecule has 0 bridgehead atoms. The Bertz CT molecular complexity index is 2330. The van der Waals surface area contributed by atoms with Crippen molar-refractivity contribution < 1.29 is 53.8 Å². The van der Waals surface area contributed by atoms with Crippen LogP contribution in [0.4, 0.5) is 4.79 Å². The number of carbonyl (C=O) groups excluding carboxylic acids is 5. The Kier molecular flexibility index (Phi) is 19.8. The summed E-state index contributed by atoms with van der Waals surface area (Å²) in [5.74, 6) is -1.80. The van der Waals surface area contributed by atoms with E-state index in [1.54, 1.807) is 69.9 Å². The van der Waals surface area contributed by atoms with Gasteiger partial charge in [-0.2, -0.15) is 11.8 Å². The Morgan fingerprint density at radius 2 is 1.07 bits per heavy atom. The van der Waals surface area contributed by atoms with Crippen LogP contribution in [0, 0.1) is 5.89 Å². The summed E-state index contributed by atoms with van der Waals surface area (Å²) in [6.07, 6.45) is -1.76. The average Bonchev–Trinajstić information content (AvgIpc) is 3.35. The fraction of sp³-hybridized carbons (Fsp3) is 0.327. The molecule has 5 aromatic carbocycles. The highest BCUT2D eigenvalue weighted by Gasteiger charge is 2.32. The molecule has 15 heteroatoms. The quantitative estimate of drug-likeness (QED) is 0.0379. The van der Waals surface area contributed by atoms with Gasteiger partial charge in [0.15, 0.2) is 6.10 Å². The van der Waals surface area contributed by atoms with Crippen LogP contribution in [-0.4, -0.2) is 75.1 Å². The van der Waals surface area contributed by atoms with E-state index in [9.17, 15) is 24.0 Å². The molecule has 0 fully saturated rings. The zero-order chi connectivity index (χ0) is 48.9. The van der Waals surface area contributed by atoms with E-state index in [2.05, 4.69) is 16.0 Å². The zero-order valence-corrected chi connectivity index (χ0v) is 39.2. The first-order valence-corrected chi connectivity index (χ1v) is 22.9. The van der Waals surface area contributed by atoms with Gasteiger partial charge in [-0.1, -0.05) is 111 Å². The maximum atomic E-state index is 14.2. The maximum Gasteiger partial charge on any atom is 0.408 e. The lowest BCUT2D eigenvalue weighted by Gasteiger charge is -2.27. The molecule has 3 N–H and O–H groups in total. The number of ether oxygens (including phenoxy) is 6. The molecule has 5 rings (SSSR count). The van der Waals surface area contributed by atoms with Crippen LogP contribution in [0.25, 0.3) is 0 Å². The van der Waals surface area contributed by atoms with Crippen molar-refractivity contribution in [2.24, 2.45) is 5.89 Å². The highest BCUT2D eigenvalue weighted by molar-refractivity contribution is 7.98. The Balaban J connectivity index is 1.27. The monoisotopic (exact) mass is 934 g/mol. The van der Waals surface area contributed by atoms with E-state index in [0.717, 1.165) is 5.56 Å².